The third-order valence-corrected chi connectivity index (χ3v) is 2.46. The van der Waals surface area contributed by atoms with E-state index in [0.29, 0.717) is 13.0 Å². The number of nitrogens with zero attached hydrogens (tertiary/aromatic N) is 1. The maximum atomic E-state index is 13.0. The van der Waals surface area contributed by atoms with E-state index in [1.807, 2.05) is 24.8 Å². The van der Waals surface area contributed by atoms with Gasteiger partial charge in [-0.25, -0.2) is 4.39 Å². The van der Waals surface area contributed by atoms with Gasteiger partial charge in [-0.3, -0.25) is 0 Å². The van der Waals surface area contributed by atoms with E-state index in [1.165, 1.54) is 12.1 Å². The molecule has 0 saturated heterocycles. The van der Waals surface area contributed by atoms with Crippen molar-refractivity contribution in [3.63, 3.8) is 0 Å². The van der Waals surface area contributed by atoms with Gasteiger partial charge in [0.25, 0.3) is 0 Å². The topological polar surface area (TPSA) is 23.5 Å². The first-order valence-electron chi connectivity index (χ1n) is 5.36. The van der Waals surface area contributed by atoms with Gasteiger partial charge in [0.2, 0.25) is 0 Å². The van der Waals surface area contributed by atoms with Crippen molar-refractivity contribution < 1.29 is 9.50 Å². The number of aliphatic hydroxyl groups is 1. The molecule has 3 heteroatoms. The molecular formula is C12H18FNO. The SMILES string of the molecule is CC[C@@H](O)CN(CC)c1cccc(F)c1. The Bertz CT molecular complexity index is 303. The molecule has 1 aromatic carbocycles. The number of benzene rings is 1. The predicted molar refractivity (Wildman–Crippen MR) is 60.6 cm³/mol. The Hall–Kier alpha value is -1.09. The minimum Gasteiger partial charge on any atom is -0.391 e. The molecule has 84 valence electrons. The van der Waals surface area contributed by atoms with Gasteiger partial charge < -0.3 is 10.0 Å². The number of hydrogen-bond donors (Lipinski definition) is 1. The first kappa shape index (κ1) is 12.0. The predicted octanol–water partition coefficient (Wildman–Crippen LogP) is 2.42. The lowest BCUT2D eigenvalue weighted by Gasteiger charge is -2.25. The van der Waals surface area contributed by atoms with Crippen molar-refractivity contribution in [3.8, 4) is 0 Å². The van der Waals surface area contributed by atoms with Crippen LogP contribution in [-0.4, -0.2) is 24.3 Å². The van der Waals surface area contributed by atoms with Crippen molar-refractivity contribution in [1.29, 1.82) is 0 Å². The molecule has 1 aromatic rings. The summed E-state index contributed by atoms with van der Waals surface area (Å²) in [4.78, 5) is 1.97. The summed E-state index contributed by atoms with van der Waals surface area (Å²) >= 11 is 0. The van der Waals surface area contributed by atoms with Crippen molar-refractivity contribution in [2.45, 2.75) is 26.4 Å². The van der Waals surface area contributed by atoms with E-state index in [1.54, 1.807) is 6.07 Å². The highest BCUT2D eigenvalue weighted by Crippen LogP contribution is 2.15. The van der Waals surface area contributed by atoms with Crippen molar-refractivity contribution in [3.05, 3.63) is 30.1 Å². The van der Waals surface area contributed by atoms with Gasteiger partial charge in [0.05, 0.1) is 6.10 Å². The molecule has 0 radical (unpaired) electrons. The molecule has 0 spiro atoms. The average Bonchev–Trinajstić information content (AvgIpc) is 2.25. The molecule has 2 nitrogen and oxygen atoms in total. The molecule has 0 aliphatic heterocycles. The summed E-state index contributed by atoms with van der Waals surface area (Å²) in [7, 11) is 0. The fraction of sp³-hybridized carbons (Fsp3) is 0.500. The van der Waals surface area contributed by atoms with Crippen LogP contribution >= 0.6 is 0 Å². The lowest BCUT2D eigenvalue weighted by atomic mass is 10.2. The third-order valence-electron chi connectivity index (χ3n) is 2.46. The van der Waals surface area contributed by atoms with E-state index >= 15 is 0 Å². The molecule has 0 saturated carbocycles. The molecule has 1 rings (SSSR count). The van der Waals surface area contributed by atoms with Crippen LogP contribution in [0.2, 0.25) is 0 Å². The number of aliphatic hydroxyl groups excluding tert-OH is 1. The van der Waals surface area contributed by atoms with E-state index in [4.69, 9.17) is 0 Å². The minimum absolute atomic E-state index is 0.239. The highest BCUT2D eigenvalue weighted by Gasteiger charge is 2.09. The molecule has 0 aromatic heterocycles. The van der Waals surface area contributed by atoms with E-state index in [0.717, 1.165) is 12.2 Å². The van der Waals surface area contributed by atoms with Gasteiger partial charge in [0, 0.05) is 18.8 Å². The second-order valence-corrected chi connectivity index (χ2v) is 3.58. The highest BCUT2D eigenvalue weighted by molar-refractivity contribution is 5.46. The van der Waals surface area contributed by atoms with Crippen LogP contribution in [-0.2, 0) is 0 Å². The number of hydrogen-bond acceptors (Lipinski definition) is 2. The van der Waals surface area contributed by atoms with Gasteiger partial charge >= 0.3 is 0 Å². The molecule has 0 aliphatic carbocycles. The van der Waals surface area contributed by atoms with Crippen molar-refractivity contribution >= 4 is 5.69 Å². The molecule has 0 fully saturated rings. The monoisotopic (exact) mass is 211 g/mol. The zero-order chi connectivity index (χ0) is 11.3. The van der Waals surface area contributed by atoms with Crippen molar-refractivity contribution in [1.82, 2.24) is 0 Å². The summed E-state index contributed by atoms with van der Waals surface area (Å²) in [6, 6.07) is 6.46. The quantitative estimate of drug-likeness (QED) is 0.808. The van der Waals surface area contributed by atoms with Crippen LogP contribution in [0.15, 0.2) is 24.3 Å². The highest BCUT2D eigenvalue weighted by atomic mass is 19.1. The van der Waals surface area contributed by atoms with Crippen molar-refractivity contribution in [2.75, 3.05) is 18.0 Å². The molecule has 0 heterocycles. The second-order valence-electron chi connectivity index (χ2n) is 3.58. The van der Waals surface area contributed by atoms with E-state index in [9.17, 15) is 9.50 Å². The molecule has 1 N–H and O–H groups in total. The second kappa shape index (κ2) is 5.71. The third kappa shape index (κ3) is 3.51. The number of anilines is 1. The van der Waals surface area contributed by atoms with Crippen LogP contribution in [0, 0.1) is 5.82 Å². The molecular weight excluding hydrogens is 193 g/mol. The summed E-state index contributed by atoms with van der Waals surface area (Å²) in [5.41, 5.74) is 0.824. The molecule has 0 amide bonds. The zero-order valence-corrected chi connectivity index (χ0v) is 9.28. The van der Waals surface area contributed by atoms with Crippen LogP contribution in [0.25, 0.3) is 0 Å². The number of halogens is 1. The number of likely N-dealkylation sites (N-methyl/N-ethyl adjacent to an activating group) is 1. The van der Waals surface area contributed by atoms with Crippen LogP contribution < -0.4 is 4.90 Å². The Morgan fingerprint density at radius 3 is 2.67 bits per heavy atom. The smallest absolute Gasteiger partial charge is 0.125 e. The van der Waals surface area contributed by atoms with Gasteiger partial charge in [0.15, 0.2) is 0 Å². The maximum absolute atomic E-state index is 13.0. The summed E-state index contributed by atoms with van der Waals surface area (Å²) in [6.45, 7) is 5.24. The fourth-order valence-corrected chi connectivity index (χ4v) is 1.47. The molecule has 15 heavy (non-hydrogen) atoms. The van der Waals surface area contributed by atoms with E-state index in [-0.39, 0.29) is 11.9 Å². The molecule has 0 bridgehead atoms. The summed E-state index contributed by atoms with van der Waals surface area (Å²) in [5, 5.41) is 9.55. The Morgan fingerprint density at radius 2 is 2.13 bits per heavy atom. The largest absolute Gasteiger partial charge is 0.391 e. The molecule has 0 aliphatic rings. The fourth-order valence-electron chi connectivity index (χ4n) is 1.47. The molecule has 0 unspecified atom stereocenters. The zero-order valence-electron chi connectivity index (χ0n) is 9.28. The van der Waals surface area contributed by atoms with Gasteiger partial charge in [0.1, 0.15) is 5.82 Å². The Morgan fingerprint density at radius 1 is 1.40 bits per heavy atom. The summed E-state index contributed by atoms with van der Waals surface area (Å²) in [6.07, 6.45) is 0.361. The first-order valence-corrected chi connectivity index (χ1v) is 5.36. The average molecular weight is 211 g/mol. The van der Waals surface area contributed by atoms with Gasteiger partial charge in [-0.2, -0.15) is 0 Å². The molecule has 1 atom stereocenters. The summed E-state index contributed by atoms with van der Waals surface area (Å²) in [5.74, 6) is -0.239. The number of rotatable bonds is 5. The Kier molecular flexibility index (Phi) is 4.56. The first-order chi connectivity index (χ1) is 7.17. The normalized spacial score (nSPS) is 12.5. The Labute approximate surface area is 90.3 Å². The van der Waals surface area contributed by atoms with Gasteiger partial charge in [-0.1, -0.05) is 13.0 Å². The standard InChI is InChI=1S/C12H18FNO/c1-3-12(15)9-14(4-2)11-7-5-6-10(13)8-11/h5-8,12,15H,3-4,9H2,1-2H3/t12-/m1/s1. The minimum atomic E-state index is -0.354. The van der Waals surface area contributed by atoms with Crippen LogP contribution in [0.5, 0.6) is 0 Å². The van der Waals surface area contributed by atoms with E-state index < -0.39 is 0 Å². The van der Waals surface area contributed by atoms with Crippen LogP contribution in [0.1, 0.15) is 20.3 Å². The van der Waals surface area contributed by atoms with E-state index in [2.05, 4.69) is 0 Å². The van der Waals surface area contributed by atoms with Gasteiger partial charge in [-0.05, 0) is 31.5 Å². The lowest BCUT2D eigenvalue weighted by Crippen LogP contribution is -2.31. The van der Waals surface area contributed by atoms with Crippen LogP contribution in [0.3, 0.4) is 0 Å². The van der Waals surface area contributed by atoms with Crippen molar-refractivity contribution in [2.24, 2.45) is 0 Å². The van der Waals surface area contributed by atoms with Crippen LogP contribution in [0.4, 0.5) is 10.1 Å². The van der Waals surface area contributed by atoms with Gasteiger partial charge in [-0.15, -0.1) is 0 Å². The Balaban J connectivity index is 2.73. The lowest BCUT2D eigenvalue weighted by molar-refractivity contribution is 0.176. The maximum Gasteiger partial charge on any atom is 0.125 e. The summed E-state index contributed by atoms with van der Waals surface area (Å²) < 4.78 is 13.0.